The van der Waals surface area contributed by atoms with Crippen LogP contribution in [0.4, 0.5) is 0 Å². The minimum atomic E-state index is 0. The van der Waals surface area contributed by atoms with E-state index in [9.17, 15) is 0 Å². The molecule has 30 heavy (non-hydrogen) atoms. The predicted octanol–water partition coefficient (Wildman–Crippen LogP) is 1.66. The van der Waals surface area contributed by atoms with Crippen molar-refractivity contribution in [1.29, 1.82) is 0 Å². The molecule has 0 spiro atoms. The summed E-state index contributed by atoms with van der Waals surface area (Å²) in [7, 11) is 0. The van der Waals surface area contributed by atoms with Gasteiger partial charge < -0.3 is 0 Å². The molecule has 0 radical (unpaired) electrons. The van der Waals surface area contributed by atoms with Gasteiger partial charge in [0.05, 0.1) is 0 Å². The Morgan fingerprint density at radius 2 is 0.900 bits per heavy atom. The smallest absolute Gasteiger partial charge is 0.291 e. The Hall–Kier alpha value is -3.11. The minimum Gasteiger partial charge on any atom is -0.291 e. The fourth-order valence-corrected chi connectivity index (χ4v) is 3.08. The average Bonchev–Trinajstić information content (AvgIpc) is 3.56. The van der Waals surface area contributed by atoms with Gasteiger partial charge >= 0.3 is 6.71 Å². The summed E-state index contributed by atoms with van der Waals surface area (Å²) in [6.07, 6.45) is 7.36. The Bertz CT molecular complexity index is 947. The summed E-state index contributed by atoms with van der Waals surface area (Å²) < 4.78 is 0. The van der Waals surface area contributed by atoms with E-state index in [-0.39, 0.29) is 32.9 Å². The van der Waals surface area contributed by atoms with E-state index in [1.54, 1.807) is 18.6 Å². The zero-order valence-electron chi connectivity index (χ0n) is 16.2. The number of benzene rings is 2. The van der Waals surface area contributed by atoms with Crippen LogP contribution in [0.5, 0.6) is 0 Å². The molecule has 0 bridgehead atoms. The van der Waals surface area contributed by atoms with Crippen LogP contribution in [-0.4, -0.2) is 37.3 Å². The van der Waals surface area contributed by atoms with E-state index in [0.29, 0.717) is 0 Å². The first-order chi connectivity index (χ1) is 14.4. The average molecular weight is 470 g/mol. The van der Waals surface area contributed by atoms with Crippen LogP contribution in [-0.2, 0) is 26.2 Å². The second-order valence-corrected chi connectivity index (χ2v) is 6.43. The summed E-state index contributed by atoms with van der Waals surface area (Å²) in [6.45, 7) is 0.0347. The maximum absolute atomic E-state index is 3.97. The summed E-state index contributed by atoms with van der Waals surface area (Å²) in [4.78, 5) is 0. The SMILES string of the molecule is [Zr].c1cc(B(c2ccn[nH]2)c2ccn[nH]2)[nH]n1.c1ccc([CH-]c2ccccc2)cc1. The van der Waals surface area contributed by atoms with Crippen LogP contribution in [0.2, 0.25) is 0 Å². The third kappa shape index (κ3) is 5.71. The van der Waals surface area contributed by atoms with Crippen molar-refractivity contribution in [2.45, 2.75) is 0 Å². The monoisotopic (exact) mass is 469 g/mol. The maximum atomic E-state index is 3.97. The molecule has 0 unspecified atom stereocenters. The van der Waals surface area contributed by atoms with Crippen molar-refractivity contribution in [3.05, 3.63) is 115 Å². The third-order valence-electron chi connectivity index (χ3n) is 4.43. The first-order valence-electron chi connectivity index (χ1n) is 9.33. The van der Waals surface area contributed by atoms with Crippen LogP contribution in [0, 0.1) is 6.42 Å². The number of H-pyrrole nitrogens is 3. The molecule has 0 amide bonds. The normalized spacial score (nSPS) is 9.73. The van der Waals surface area contributed by atoms with Crippen molar-refractivity contribution in [2.24, 2.45) is 0 Å². The second kappa shape index (κ2) is 11.2. The topological polar surface area (TPSA) is 86.0 Å². The number of hydrogen-bond donors (Lipinski definition) is 3. The van der Waals surface area contributed by atoms with E-state index in [2.05, 4.69) is 85.5 Å². The molecule has 2 aromatic carbocycles. The fraction of sp³-hybridized carbons (Fsp3) is 0. The molecule has 0 saturated heterocycles. The standard InChI is InChI=1S/C13H11.C9H9BN6.Zr/c1-3-7-12(8-4-1)11-13-9-5-2-6-10-13;1-4-11-14-7(1)10(8-2-5-12-15-8)9-3-6-13-16-9;/h1-11H;1-6H,(H,11,14)(H,12,15)(H,13,16);/q-1;;. The van der Waals surface area contributed by atoms with Gasteiger partial charge in [-0.3, -0.25) is 15.3 Å². The Labute approximate surface area is 194 Å². The van der Waals surface area contributed by atoms with Gasteiger partial charge in [0, 0.05) is 61.6 Å². The quantitative estimate of drug-likeness (QED) is 0.270. The van der Waals surface area contributed by atoms with E-state index in [1.165, 1.54) is 11.1 Å². The van der Waals surface area contributed by atoms with Crippen molar-refractivity contribution < 1.29 is 26.2 Å². The Balaban J connectivity index is 0.000000169. The van der Waals surface area contributed by atoms with Gasteiger partial charge in [0.2, 0.25) is 0 Å². The third-order valence-corrected chi connectivity index (χ3v) is 4.43. The summed E-state index contributed by atoms with van der Waals surface area (Å²) in [5, 5.41) is 20.8. The van der Waals surface area contributed by atoms with Gasteiger partial charge in [-0.1, -0.05) is 36.4 Å². The molecule has 0 aliphatic carbocycles. The molecule has 0 aliphatic rings. The van der Waals surface area contributed by atoms with Crippen LogP contribution < -0.4 is 16.8 Å². The molecule has 0 atom stereocenters. The summed E-state index contributed by atoms with van der Waals surface area (Å²) in [5.41, 5.74) is 5.47. The number of nitrogens with one attached hydrogen (secondary N) is 3. The van der Waals surface area contributed by atoms with E-state index in [1.807, 2.05) is 30.3 Å². The van der Waals surface area contributed by atoms with Crippen LogP contribution in [0.1, 0.15) is 11.1 Å². The van der Waals surface area contributed by atoms with Gasteiger partial charge in [-0.15, -0.1) is 41.8 Å². The van der Waals surface area contributed by atoms with Gasteiger partial charge in [0.25, 0.3) is 0 Å². The molecule has 0 aliphatic heterocycles. The number of nitrogens with zero attached hydrogens (tertiary/aromatic N) is 3. The van der Waals surface area contributed by atoms with Crippen LogP contribution in [0.15, 0.2) is 97.5 Å². The van der Waals surface area contributed by atoms with Crippen molar-refractivity contribution >= 4 is 23.5 Å². The zero-order chi connectivity index (χ0) is 19.7. The predicted molar refractivity (Wildman–Crippen MR) is 116 cm³/mol. The molecule has 3 N–H and O–H groups in total. The van der Waals surface area contributed by atoms with E-state index < -0.39 is 0 Å². The molecule has 8 heteroatoms. The molecule has 5 aromatic rings. The number of hydrogen-bond acceptors (Lipinski definition) is 3. The largest absolute Gasteiger partial charge is 0.308 e. The van der Waals surface area contributed by atoms with Gasteiger partial charge in [-0.2, -0.15) is 15.3 Å². The number of aromatic nitrogens is 6. The molecule has 146 valence electrons. The maximum Gasteiger partial charge on any atom is 0.308 e. The first-order valence-corrected chi connectivity index (χ1v) is 9.33. The molecule has 3 aromatic heterocycles. The molecular formula is C22H20BN6Zr-. The zero-order valence-corrected chi connectivity index (χ0v) is 18.7. The number of aromatic amines is 3. The molecule has 0 saturated carbocycles. The number of rotatable bonds is 5. The summed E-state index contributed by atoms with van der Waals surface area (Å²) in [6, 6.07) is 26.5. The van der Waals surface area contributed by atoms with Crippen molar-refractivity contribution in [2.75, 3.05) is 0 Å². The Kier molecular flexibility index (Phi) is 8.04. The second-order valence-electron chi connectivity index (χ2n) is 6.43. The first kappa shape index (κ1) is 21.6. The molecule has 5 rings (SSSR count). The molecule has 3 heterocycles. The fourth-order valence-electron chi connectivity index (χ4n) is 3.08. The Morgan fingerprint density at radius 3 is 1.20 bits per heavy atom. The van der Waals surface area contributed by atoms with Gasteiger partial charge in [0.1, 0.15) is 0 Å². The Morgan fingerprint density at radius 1 is 0.533 bits per heavy atom. The molecule has 0 fully saturated rings. The van der Waals surface area contributed by atoms with Crippen molar-refractivity contribution in [3.8, 4) is 0 Å². The van der Waals surface area contributed by atoms with Crippen LogP contribution >= 0.6 is 0 Å². The van der Waals surface area contributed by atoms with E-state index in [0.717, 1.165) is 16.8 Å². The van der Waals surface area contributed by atoms with E-state index >= 15 is 0 Å². The summed E-state index contributed by atoms with van der Waals surface area (Å²) in [5.74, 6) is 0. The van der Waals surface area contributed by atoms with Crippen molar-refractivity contribution in [1.82, 2.24) is 30.6 Å². The summed E-state index contributed by atoms with van der Waals surface area (Å²) >= 11 is 0. The molecular weight excluding hydrogens is 450 g/mol. The van der Waals surface area contributed by atoms with E-state index in [4.69, 9.17) is 0 Å². The molecule has 6 nitrogen and oxygen atoms in total. The van der Waals surface area contributed by atoms with Crippen LogP contribution in [0.3, 0.4) is 0 Å². The minimum absolute atomic E-state index is 0. The van der Waals surface area contributed by atoms with Crippen LogP contribution in [0.25, 0.3) is 0 Å². The van der Waals surface area contributed by atoms with Crippen molar-refractivity contribution in [3.63, 3.8) is 0 Å². The van der Waals surface area contributed by atoms with Gasteiger partial charge in [-0.25, -0.2) is 0 Å². The van der Waals surface area contributed by atoms with Gasteiger partial charge in [0.15, 0.2) is 0 Å². The van der Waals surface area contributed by atoms with Gasteiger partial charge in [-0.05, 0) is 18.2 Å².